The Hall–Kier alpha value is -1.24. The average molecular weight is 272 g/mol. The van der Waals surface area contributed by atoms with Crippen molar-refractivity contribution in [2.75, 3.05) is 0 Å². The van der Waals surface area contributed by atoms with Crippen molar-refractivity contribution in [1.29, 1.82) is 0 Å². The zero-order valence-electron chi connectivity index (χ0n) is 13.5. The van der Waals surface area contributed by atoms with Crippen LogP contribution >= 0.6 is 0 Å². The van der Waals surface area contributed by atoms with Gasteiger partial charge in [-0.2, -0.15) is 0 Å². The van der Waals surface area contributed by atoms with Gasteiger partial charge in [0, 0.05) is 6.42 Å². The number of hydrogen-bond donors (Lipinski definition) is 0. The summed E-state index contributed by atoms with van der Waals surface area (Å²) in [6, 6.07) is 8.87. The zero-order valence-corrected chi connectivity index (χ0v) is 13.5. The minimum absolute atomic E-state index is 0.223. The van der Waals surface area contributed by atoms with Crippen molar-refractivity contribution in [2.24, 2.45) is 0 Å². The predicted octanol–water partition coefficient (Wildman–Crippen LogP) is 5.74. The van der Waals surface area contributed by atoms with Gasteiger partial charge in [0.25, 0.3) is 0 Å². The first-order valence-corrected chi connectivity index (χ1v) is 7.94. The second-order valence-electron chi connectivity index (χ2n) is 6.87. The van der Waals surface area contributed by atoms with Crippen molar-refractivity contribution >= 4 is 0 Å². The zero-order chi connectivity index (χ0) is 14.6. The lowest BCUT2D eigenvalue weighted by atomic mass is 9.87. The number of rotatable bonds is 5. The molecule has 0 aliphatic heterocycles. The summed E-state index contributed by atoms with van der Waals surface area (Å²) in [5, 5.41) is 0. The first-order valence-electron chi connectivity index (χ1n) is 7.94. The van der Waals surface area contributed by atoms with E-state index in [-0.39, 0.29) is 5.41 Å². The molecule has 0 unspecified atom stereocenters. The summed E-state index contributed by atoms with van der Waals surface area (Å²) in [7, 11) is 0. The predicted molar refractivity (Wildman–Crippen MR) is 85.7 cm³/mol. The molecule has 0 heterocycles. The minimum atomic E-state index is 0.223. The Morgan fingerprint density at radius 2 is 1.75 bits per heavy atom. The highest BCUT2D eigenvalue weighted by Crippen LogP contribution is 2.31. The molecular formula is C19H28O. The molecule has 0 N–H and O–H groups in total. The van der Waals surface area contributed by atoms with Gasteiger partial charge in [0.15, 0.2) is 0 Å². The van der Waals surface area contributed by atoms with Crippen molar-refractivity contribution < 1.29 is 4.74 Å². The van der Waals surface area contributed by atoms with Gasteiger partial charge in [0.2, 0.25) is 0 Å². The van der Waals surface area contributed by atoms with Crippen LogP contribution in [-0.2, 0) is 16.8 Å². The van der Waals surface area contributed by atoms with Gasteiger partial charge in [-0.05, 0) is 47.8 Å². The molecule has 0 radical (unpaired) electrons. The van der Waals surface area contributed by atoms with Crippen LogP contribution in [0.15, 0.2) is 35.6 Å². The third-order valence-electron chi connectivity index (χ3n) is 4.06. The standard InChI is InChI=1S/C19H28O/c1-5-7-18(16-8-6-9-16)20-14-15-10-12-17(13-11-15)19(2,3)4/h10-13H,5-9,14H2,1-4H3. The summed E-state index contributed by atoms with van der Waals surface area (Å²) in [5.74, 6) is 1.26. The van der Waals surface area contributed by atoms with Gasteiger partial charge in [-0.3, -0.25) is 0 Å². The topological polar surface area (TPSA) is 9.23 Å². The van der Waals surface area contributed by atoms with Crippen LogP contribution in [0.3, 0.4) is 0 Å². The van der Waals surface area contributed by atoms with Gasteiger partial charge in [0.1, 0.15) is 6.61 Å². The Labute approximate surface area is 124 Å². The fourth-order valence-electron chi connectivity index (χ4n) is 2.48. The SMILES string of the molecule is CCCC(OCc1ccc(C(C)(C)C)cc1)=C1CCC1. The molecule has 0 bridgehead atoms. The highest BCUT2D eigenvalue weighted by molar-refractivity contribution is 5.27. The summed E-state index contributed by atoms with van der Waals surface area (Å²) in [6.07, 6.45) is 6.10. The van der Waals surface area contributed by atoms with E-state index in [1.165, 1.54) is 42.6 Å². The van der Waals surface area contributed by atoms with E-state index in [2.05, 4.69) is 52.0 Å². The molecule has 1 aromatic rings. The molecule has 0 spiro atoms. The lowest BCUT2D eigenvalue weighted by Gasteiger charge is -2.23. The fourth-order valence-corrected chi connectivity index (χ4v) is 2.48. The fraction of sp³-hybridized carbons (Fsp3) is 0.579. The van der Waals surface area contributed by atoms with Crippen LogP contribution in [0, 0.1) is 0 Å². The number of benzene rings is 1. The van der Waals surface area contributed by atoms with Crippen LogP contribution in [0.2, 0.25) is 0 Å². The summed E-state index contributed by atoms with van der Waals surface area (Å²) in [4.78, 5) is 0. The Kier molecular flexibility index (Phi) is 4.91. The second kappa shape index (κ2) is 6.47. The second-order valence-corrected chi connectivity index (χ2v) is 6.87. The number of allylic oxidation sites excluding steroid dienone is 2. The van der Waals surface area contributed by atoms with Crippen LogP contribution < -0.4 is 0 Å². The Balaban J connectivity index is 1.96. The Bertz CT molecular complexity index is 454. The normalized spacial score (nSPS) is 14.9. The third kappa shape index (κ3) is 3.88. The third-order valence-corrected chi connectivity index (χ3v) is 4.06. The largest absolute Gasteiger partial charge is 0.493 e. The molecule has 1 aliphatic rings. The quantitative estimate of drug-likeness (QED) is 0.621. The summed E-state index contributed by atoms with van der Waals surface area (Å²) in [6.45, 7) is 9.68. The van der Waals surface area contributed by atoms with Crippen LogP contribution in [0.5, 0.6) is 0 Å². The van der Waals surface area contributed by atoms with E-state index < -0.39 is 0 Å². The van der Waals surface area contributed by atoms with Crippen LogP contribution in [0.25, 0.3) is 0 Å². The maximum atomic E-state index is 6.08. The molecule has 1 aliphatic carbocycles. The van der Waals surface area contributed by atoms with E-state index in [1.54, 1.807) is 5.57 Å². The Morgan fingerprint density at radius 1 is 1.10 bits per heavy atom. The van der Waals surface area contributed by atoms with Crippen LogP contribution in [-0.4, -0.2) is 0 Å². The molecule has 0 saturated heterocycles. The number of ether oxygens (including phenoxy) is 1. The molecule has 1 fully saturated rings. The minimum Gasteiger partial charge on any atom is -0.493 e. The molecular weight excluding hydrogens is 244 g/mol. The molecule has 0 aromatic heterocycles. The molecule has 20 heavy (non-hydrogen) atoms. The van der Waals surface area contributed by atoms with E-state index in [1.807, 2.05) is 0 Å². The average Bonchev–Trinajstić information content (AvgIpc) is 2.33. The Morgan fingerprint density at radius 3 is 2.20 bits per heavy atom. The summed E-state index contributed by atoms with van der Waals surface area (Å²) in [5.41, 5.74) is 4.43. The first-order chi connectivity index (χ1) is 9.50. The molecule has 1 nitrogen and oxygen atoms in total. The van der Waals surface area contributed by atoms with E-state index in [0.29, 0.717) is 6.61 Å². The lowest BCUT2D eigenvalue weighted by molar-refractivity contribution is 0.179. The molecule has 1 heteroatoms. The highest BCUT2D eigenvalue weighted by Gasteiger charge is 2.16. The highest BCUT2D eigenvalue weighted by atomic mass is 16.5. The van der Waals surface area contributed by atoms with Gasteiger partial charge in [-0.25, -0.2) is 0 Å². The van der Waals surface area contributed by atoms with Gasteiger partial charge in [-0.15, -0.1) is 0 Å². The molecule has 2 rings (SSSR count). The molecule has 1 saturated carbocycles. The monoisotopic (exact) mass is 272 g/mol. The maximum Gasteiger partial charge on any atom is 0.113 e. The first kappa shape index (κ1) is 15.2. The summed E-state index contributed by atoms with van der Waals surface area (Å²) >= 11 is 0. The van der Waals surface area contributed by atoms with Gasteiger partial charge in [0.05, 0.1) is 5.76 Å². The number of hydrogen-bond acceptors (Lipinski definition) is 1. The van der Waals surface area contributed by atoms with Crippen LogP contribution in [0.1, 0.15) is 70.9 Å². The van der Waals surface area contributed by atoms with Crippen molar-refractivity contribution in [3.05, 3.63) is 46.7 Å². The maximum absolute atomic E-state index is 6.08. The van der Waals surface area contributed by atoms with Crippen molar-refractivity contribution in [1.82, 2.24) is 0 Å². The van der Waals surface area contributed by atoms with E-state index in [9.17, 15) is 0 Å². The van der Waals surface area contributed by atoms with Crippen molar-refractivity contribution in [3.63, 3.8) is 0 Å². The van der Waals surface area contributed by atoms with Crippen molar-refractivity contribution in [3.8, 4) is 0 Å². The smallest absolute Gasteiger partial charge is 0.113 e. The molecule has 0 amide bonds. The molecule has 0 atom stereocenters. The van der Waals surface area contributed by atoms with Crippen LogP contribution in [0.4, 0.5) is 0 Å². The lowest BCUT2D eigenvalue weighted by Crippen LogP contribution is -2.10. The van der Waals surface area contributed by atoms with E-state index >= 15 is 0 Å². The molecule has 1 aromatic carbocycles. The van der Waals surface area contributed by atoms with Gasteiger partial charge < -0.3 is 4.74 Å². The summed E-state index contributed by atoms with van der Waals surface area (Å²) < 4.78 is 6.08. The van der Waals surface area contributed by atoms with Crippen molar-refractivity contribution in [2.45, 2.75) is 71.8 Å². The molecule has 110 valence electrons. The van der Waals surface area contributed by atoms with E-state index in [0.717, 1.165) is 6.42 Å². The van der Waals surface area contributed by atoms with Gasteiger partial charge in [-0.1, -0.05) is 52.0 Å². The van der Waals surface area contributed by atoms with Gasteiger partial charge >= 0.3 is 0 Å². The van der Waals surface area contributed by atoms with E-state index in [4.69, 9.17) is 4.74 Å².